The molecular formula is C19H21FN2O3S. The molecule has 0 unspecified atom stereocenters. The average Bonchev–Trinajstić information content (AvgIpc) is 3.02. The number of esters is 1. The maximum Gasteiger partial charge on any atom is 0.350 e. The number of halogens is 1. The summed E-state index contributed by atoms with van der Waals surface area (Å²) in [7, 11) is 0. The highest BCUT2D eigenvalue weighted by atomic mass is 32.1. The van der Waals surface area contributed by atoms with Gasteiger partial charge in [-0.2, -0.15) is 0 Å². The van der Waals surface area contributed by atoms with Crippen molar-refractivity contribution in [3.05, 3.63) is 40.7 Å². The predicted molar refractivity (Wildman–Crippen MR) is 97.5 cm³/mol. The lowest BCUT2D eigenvalue weighted by Crippen LogP contribution is -2.41. The SMILES string of the molecule is Cc1nc(-c2ccc(F)cc2)sc1C(=O)OCC(=O)N1CCC[C@@H](C)C1. The zero-order chi connectivity index (χ0) is 18.7. The molecule has 26 heavy (non-hydrogen) atoms. The van der Waals surface area contributed by atoms with Crippen LogP contribution < -0.4 is 0 Å². The van der Waals surface area contributed by atoms with Crippen molar-refractivity contribution in [1.82, 2.24) is 9.88 Å². The maximum absolute atomic E-state index is 13.0. The summed E-state index contributed by atoms with van der Waals surface area (Å²) in [4.78, 5) is 31.0. The third kappa shape index (κ3) is 4.27. The Bertz CT molecular complexity index is 804. The Balaban J connectivity index is 1.63. The number of piperidine rings is 1. The molecule has 5 nitrogen and oxygen atoms in total. The lowest BCUT2D eigenvalue weighted by atomic mass is 10.0. The standard InChI is InChI=1S/C19H21FN2O3S/c1-12-4-3-9-22(10-12)16(23)11-25-19(24)17-13(2)21-18(26-17)14-5-7-15(20)8-6-14/h5-8,12H,3-4,9-11H2,1-2H3/t12-/m1/s1. The van der Waals surface area contributed by atoms with Crippen LogP contribution in [0.2, 0.25) is 0 Å². The number of ether oxygens (including phenoxy) is 1. The number of amides is 1. The summed E-state index contributed by atoms with van der Waals surface area (Å²) in [5, 5.41) is 0.616. The van der Waals surface area contributed by atoms with Crippen LogP contribution in [0, 0.1) is 18.7 Å². The fourth-order valence-corrected chi connectivity index (χ4v) is 3.97. The van der Waals surface area contributed by atoms with Crippen LogP contribution in [0.5, 0.6) is 0 Å². The molecule has 1 aliphatic heterocycles. The Morgan fingerprint density at radius 2 is 2.08 bits per heavy atom. The molecule has 7 heteroatoms. The van der Waals surface area contributed by atoms with E-state index in [1.54, 1.807) is 24.0 Å². The van der Waals surface area contributed by atoms with Crippen molar-refractivity contribution >= 4 is 23.2 Å². The van der Waals surface area contributed by atoms with Gasteiger partial charge in [0.2, 0.25) is 0 Å². The molecule has 0 aliphatic carbocycles. The summed E-state index contributed by atoms with van der Waals surface area (Å²) >= 11 is 1.18. The normalized spacial score (nSPS) is 17.2. The number of benzene rings is 1. The van der Waals surface area contributed by atoms with Crippen LogP contribution in [0.25, 0.3) is 10.6 Å². The molecule has 1 atom stereocenters. The summed E-state index contributed by atoms with van der Waals surface area (Å²) in [6.07, 6.45) is 2.10. The average molecular weight is 376 g/mol. The van der Waals surface area contributed by atoms with Crippen molar-refractivity contribution in [2.45, 2.75) is 26.7 Å². The third-order valence-electron chi connectivity index (χ3n) is 4.41. The second kappa shape index (κ2) is 7.95. The quantitative estimate of drug-likeness (QED) is 0.764. The minimum atomic E-state index is -0.549. The number of thiazole rings is 1. The van der Waals surface area contributed by atoms with Gasteiger partial charge < -0.3 is 9.64 Å². The molecule has 2 heterocycles. The van der Waals surface area contributed by atoms with E-state index in [1.807, 2.05) is 0 Å². The molecule has 1 amide bonds. The third-order valence-corrected chi connectivity index (χ3v) is 5.60. The molecule has 1 aromatic heterocycles. The van der Waals surface area contributed by atoms with Gasteiger partial charge in [-0.3, -0.25) is 4.79 Å². The minimum absolute atomic E-state index is 0.161. The van der Waals surface area contributed by atoms with Crippen molar-refractivity contribution in [3.63, 3.8) is 0 Å². The van der Waals surface area contributed by atoms with E-state index in [0.717, 1.165) is 24.9 Å². The molecule has 0 radical (unpaired) electrons. The van der Waals surface area contributed by atoms with Gasteiger partial charge in [-0.05, 0) is 49.9 Å². The monoisotopic (exact) mass is 376 g/mol. The molecule has 3 rings (SSSR count). The van der Waals surface area contributed by atoms with Crippen LogP contribution >= 0.6 is 11.3 Å². The number of likely N-dealkylation sites (tertiary alicyclic amines) is 1. The second-order valence-electron chi connectivity index (χ2n) is 6.60. The summed E-state index contributed by atoms with van der Waals surface area (Å²) in [6.45, 7) is 5.01. The first-order valence-electron chi connectivity index (χ1n) is 8.62. The molecule has 0 N–H and O–H groups in total. The van der Waals surface area contributed by atoms with Gasteiger partial charge in [0.15, 0.2) is 6.61 Å². The number of hydrogen-bond acceptors (Lipinski definition) is 5. The van der Waals surface area contributed by atoms with Crippen LogP contribution in [-0.4, -0.2) is 41.5 Å². The highest BCUT2D eigenvalue weighted by Crippen LogP contribution is 2.28. The van der Waals surface area contributed by atoms with Crippen molar-refractivity contribution in [2.24, 2.45) is 5.92 Å². The first kappa shape index (κ1) is 18.5. The summed E-state index contributed by atoms with van der Waals surface area (Å²) < 4.78 is 18.2. The fourth-order valence-electron chi connectivity index (χ4n) is 3.00. The van der Waals surface area contributed by atoms with Gasteiger partial charge in [0.25, 0.3) is 5.91 Å². The van der Waals surface area contributed by atoms with E-state index in [4.69, 9.17) is 4.74 Å². The molecule has 0 saturated carbocycles. The highest BCUT2D eigenvalue weighted by molar-refractivity contribution is 7.17. The predicted octanol–water partition coefficient (Wildman–Crippen LogP) is 3.67. The lowest BCUT2D eigenvalue weighted by Gasteiger charge is -2.30. The molecule has 1 saturated heterocycles. The molecule has 1 fully saturated rings. The van der Waals surface area contributed by atoms with E-state index in [9.17, 15) is 14.0 Å². The Hall–Kier alpha value is -2.28. The Kier molecular flexibility index (Phi) is 5.66. The number of hydrogen-bond donors (Lipinski definition) is 0. The van der Waals surface area contributed by atoms with Crippen molar-refractivity contribution in [2.75, 3.05) is 19.7 Å². The number of aryl methyl sites for hydroxylation is 1. The van der Waals surface area contributed by atoms with Gasteiger partial charge in [-0.15, -0.1) is 11.3 Å². The van der Waals surface area contributed by atoms with Gasteiger partial charge in [0.05, 0.1) is 5.69 Å². The fraction of sp³-hybridized carbons (Fsp3) is 0.421. The maximum atomic E-state index is 13.0. The zero-order valence-corrected chi connectivity index (χ0v) is 15.6. The number of nitrogens with zero attached hydrogens (tertiary/aromatic N) is 2. The van der Waals surface area contributed by atoms with Crippen LogP contribution in [0.1, 0.15) is 35.1 Å². The molecule has 138 valence electrons. The van der Waals surface area contributed by atoms with E-state index in [-0.39, 0.29) is 18.3 Å². The molecule has 1 aromatic carbocycles. The first-order valence-corrected chi connectivity index (χ1v) is 9.44. The van der Waals surface area contributed by atoms with E-state index >= 15 is 0 Å². The van der Waals surface area contributed by atoms with E-state index < -0.39 is 5.97 Å². The van der Waals surface area contributed by atoms with Gasteiger partial charge in [0, 0.05) is 18.7 Å². The van der Waals surface area contributed by atoms with Crippen molar-refractivity contribution < 1.29 is 18.7 Å². The van der Waals surface area contributed by atoms with E-state index in [2.05, 4.69) is 11.9 Å². The smallest absolute Gasteiger partial charge is 0.350 e. The topological polar surface area (TPSA) is 59.5 Å². The van der Waals surface area contributed by atoms with Crippen molar-refractivity contribution in [1.29, 1.82) is 0 Å². The molecule has 1 aliphatic rings. The van der Waals surface area contributed by atoms with Gasteiger partial charge in [-0.25, -0.2) is 14.2 Å². The van der Waals surface area contributed by atoms with Gasteiger partial charge in [-0.1, -0.05) is 6.92 Å². The minimum Gasteiger partial charge on any atom is -0.451 e. The second-order valence-corrected chi connectivity index (χ2v) is 7.60. The van der Waals surface area contributed by atoms with E-state index in [1.165, 1.54) is 23.5 Å². The molecule has 0 bridgehead atoms. The number of rotatable bonds is 4. The molecular weight excluding hydrogens is 355 g/mol. The molecule has 0 spiro atoms. The largest absolute Gasteiger partial charge is 0.451 e. The van der Waals surface area contributed by atoms with E-state index in [0.29, 0.717) is 28.0 Å². The number of carbonyl (C=O) groups excluding carboxylic acids is 2. The van der Waals surface area contributed by atoms with Crippen LogP contribution in [-0.2, 0) is 9.53 Å². The van der Waals surface area contributed by atoms with Crippen LogP contribution in [0.15, 0.2) is 24.3 Å². The zero-order valence-electron chi connectivity index (χ0n) is 14.8. The lowest BCUT2D eigenvalue weighted by molar-refractivity contribution is -0.136. The Labute approximate surface area is 155 Å². The number of carbonyl (C=O) groups is 2. The molecule has 2 aromatic rings. The Morgan fingerprint density at radius 1 is 1.35 bits per heavy atom. The number of aromatic nitrogens is 1. The highest BCUT2D eigenvalue weighted by Gasteiger charge is 2.23. The first-order chi connectivity index (χ1) is 12.4. The van der Waals surface area contributed by atoms with Gasteiger partial charge >= 0.3 is 5.97 Å². The summed E-state index contributed by atoms with van der Waals surface area (Å²) in [5.74, 6) is -0.560. The summed E-state index contributed by atoms with van der Waals surface area (Å²) in [5.41, 5.74) is 1.27. The van der Waals surface area contributed by atoms with Gasteiger partial charge in [0.1, 0.15) is 15.7 Å². The van der Waals surface area contributed by atoms with Crippen LogP contribution in [0.4, 0.5) is 4.39 Å². The van der Waals surface area contributed by atoms with Crippen LogP contribution in [0.3, 0.4) is 0 Å². The Morgan fingerprint density at radius 3 is 2.77 bits per heavy atom. The summed E-state index contributed by atoms with van der Waals surface area (Å²) in [6, 6.07) is 5.93. The van der Waals surface area contributed by atoms with Crippen molar-refractivity contribution in [3.8, 4) is 10.6 Å².